The zero-order valence-corrected chi connectivity index (χ0v) is 23.2. The van der Waals surface area contributed by atoms with Crippen molar-refractivity contribution in [3.05, 3.63) is 23.6 Å². The van der Waals surface area contributed by atoms with E-state index in [0.29, 0.717) is 41.7 Å². The molecule has 38 heavy (non-hydrogen) atoms. The van der Waals surface area contributed by atoms with Gasteiger partial charge in [-0.05, 0) is 58.3 Å². The van der Waals surface area contributed by atoms with Crippen LogP contribution in [0.1, 0.15) is 59.4 Å². The lowest BCUT2D eigenvalue weighted by Gasteiger charge is -2.34. The smallest absolute Gasteiger partial charge is 0.410 e. The number of halogens is 1. The maximum atomic E-state index is 12.5. The molecule has 3 aliphatic rings. The predicted molar refractivity (Wildman–Crippen MR) is 145 cm³/mol. The van der Waals surface area contributed by atoms with Gasteiger partial charge in [0.15, 0.2) is 5.82 Å². The Bertz CT molecular complexity index is 1170. The minimum atomic E-state index is -0.521. The maximum absolute atomic E-state index is 12.5. The van der Waals surface area contributed by atoms with Crippen molar-refractivity contribution in [2.45, 2.75) is 71.1 Å². The molecule has 2 amide bonds. The van der Waals surface area contributed by atoms with Crippen molar-refractivity contribution in [1.82, 2.24) is 29.5 Å². The first-order chi connectivity index (χ1) is 18.0. The number of piperidine rings is 1. The highest BCUT2D eigenvalue weighted by molar-refractivity contribution is 6.32. The summed E-state index contributed by atoms with van der Waals surface area (Å²) in [6.45, 7) is 10.2. The Morgan fingerprint density at radius 3 is 2.53 bits per heavy atom. The van der Waals surface area contributed by atoms with Crippen LogP contribution in [0.4, 0.5) is 22.2 Å². The summed E-state index contributed by atoms with van der Waals surface area (Å²) >= 11 is 6.42. The Morgan fingerprint density at radius 1 is 1.11 bits per heavy atom. The molecule has 206 valence electrons. The molecule has 12 heteroatoms. The Labute approximate surface area is 228 Å². The fourth-order valence-corrected chi connectivity index (χ4v) is 5.94. The zero-order chi connectivity index (χ0) is 27.0. The second-order valence-electron chi connectivity index (χ2n) is 11.7. The van der Waals surface area contributed by atoms with Crippen molar-refractivity contribution in [2.75, 3.05) is 36.8 Å². The predicted octanol–water partition coefficient (Wildman–Crippen LogP) is 4.31. The van der Waals surface area contributed by atoms with Gasteiger partial charge in [0.05, 0.1) is 24.1 Å². The van der Waals surface area contributed by atoms with Crippen LogP contribution in [0.25, 0.3) is 0 Å². The van der Waals surface area contributed by atoms with E-state index in [2.05, 4.69) is 25.7 Å². The first-order valence-corrected chi connectivity index (χ1v) is 13.8. The number of ether oxygens (including phenoxy) is 1. The summed E-state index contributed by atoms with van der Waals surface area (Å²) < 4.78 is 7.43. The van der Waals surface area contributed by atoms with Crippen LogP contribution < -0.4 is 10.6 Å². The summed E-state index contributed by atoms with van der Waals surface area (Å²) in [5, 5.41) is 11.7. The van der Waals surface area contributed by atoms with Gasteiger partial charge in [-0.3, -0.25) is 9.48 Å². The number of nitrogens with one attached hydrogen (secondary N) is 2. The summed E-state index contributed by atoms with van der Waals surface area (Å²) in [5.41, 5.74) is 0.235. The number of carbonyl (C=O) groups is 2. The van der Waals surface area contributed by atoms with Crippen LogP contribution in [0.2, 0.25) is 5.02 Å². The first kappa shape index (κ1) is 26.5. The number of hydrogen-bond donors (Lipinski definition) is 2. The van der Waals surface area contributed by atoms with Crippen LogP contribution in [-0.2, 0) is 9.53 Å². The van der Waals surface area contributed by atoms with E-state index in [9.17, 15) is 9.59 Å². The van der Waals surface area contributed by atoms with E-state index in [1.165, 1.54) is 0 Å². The van der Waals surface area contributed by atoms with E-state index in [1.807, 2.05) is 36.5 Å². The van der Waals surface area contributed by atoms with Gasteiger partial charge < -0.3 is 25.2 Å². The van der Waals surface area contributed by atoms with E-state index in [1.54, 1.807) is 24.2 Å². The Morgan fingerprint density at radius 2 is 1.84 bits per heavy atom. The SMILES string of the molecule is CC(=O)N1CC2CC(Nc3nc(Nc4cnn(C5CCCN(C(=O)OC(C)(C)C)C5)c4)ncc3Cl)CC2C1. The maximum Gasteiger partial charge on any atom is 0.410 e. The lowest BCUT2D eigenvalue weighted by molar-refractivity contribution is -0.128. The van der Waals surface area contributed by atoms with Gasteiger partial charge in [0.1, 0.15) is 10.6 Å². The van der Waals surface area contributed by atoms with Crippen LogP contribution in [0, 0.1) is 11.8 Å². The largest absolute Gasteiger partial charge is 0.444 e. The number of nitrogens with zero attached hydrogens (tertiary/aromatic N) is 6. The third-order valence-corrected chi connectivity index (χ3v) is 7.84. The second kappa shape index (κ2) is 10.6. The van der Waals surface area contributed by atoms with Gasteiger partial charge in [-0.15, -0.1) is 0 Å². The van der Waals surface area contributed by atoms with Gasteiger partial charge >= 0.3 is 6.09 Å². The molecule has 11 nitrogen and oxygen atoms in total. The van der Waals surface area contributed by atoms with Crippen molar-refractivity contribution in [1.29, 1.82) is 0 Å². The molecule has 3 fully saturated rings. The molecule has 3 unspecified atom stereocenters. The molecule has 0 aromatic carbocycles. The van der Waals surface area contributed by atoms with Crippen LogP contribution in [0.3, 0.4) is 0 Å². The monoisotopic (exact) mass is 544 g/mol. The minimum absolute atomic E-state index is 0.0657. The highest BCUT2D eigenvalue weighted by atomic mass is 35.5. The van der Waals surface area contributed by atoms with Crippen LogP contribution in [-0.4, -0.2) is 79.4 Å². The number of anilines is 3. The Hall–Kier alpha value is -3.08. The summed E-state index contributed by atoms with van der Waals surface area (Å²) in [4.78, 5) is 36.9. The van der Waals surface area contributed by atoms with Crippen molar-refractivity contribution in [2.24, 2.45) is 11.8 Å². The summed E-state index contributed by atoms with van der Waals surface area (Å²) in [6, 6.07) is 0.331. The van der Waals surface area contributed by atoms with Crippen LogP contribution in [0.5, 0.6) is 0 Å². The lowest BCUT2D eigenvalue weighted by atomic mass is 10.0. The number of carbonyl (C=O) groups excluding carboxylic acids is 2. The van der Waals surface area contributed by atoms with E-state index in [0.717, 1.165) is 44.5 Å². The van der Waals surface area contributed by atoms with Gasteiger partial charge in [-0.25, -0.2) is 9.78 Å². The van der Waals surface area contributed by atoms with E-state index in [4.69, 9.17) is 16.3 Å². The molecule has 5 rings (SSSR count). The third kappa shape index (κ3) is 6.14. The van der Waals surface area contributed by atoms with E-state index in [-0.39, 0.29) is 24.1 Å². The van der Waals surface area contributed by atoms with Gasteiger partial charge in [0.25, 0.3) is 0 Å². The summed E-state index contributed by atoms with van der Waals surface area (Å²) in [7, 11) is 0. The molecule has 1 saturated carbocycles. The number of amides is 2. The number of fused-ring (bicyclic) bond motifs is 1. The van der Waals surface area contributed by atoms with E-state index >= 15 is 0 Å². The molecule has 2 N–H and O–H groups in total. The van der Waals surface area contributed by atoms with Gasteiger partial charge in [-0.1, -0.05) is 11.6 Å². The summed E-state index contributed by atoms with van der Waals surface area (Å²) in [6.07, 6.45) is 8.75. The molecule has 1 aliphatic carbocycles. The molecule has 0 radical (unpaired) electrons. The van der Waals surface area contributed by atoms with Crippen molar-refractivity contribution in [3.63, 3.8) is 0 Å². The van der Waals surface area contributed by atoms with Gasteiger partial charge in [0.2, 0.25) is 11.9 Å². The van der Waals surface area contributed by atoms with E-state index < -0.39 is 5.60 Å². The molecule has 2 saturated heterocycles. The molecule has 3 atom stereocenters. The van der Waals surface area contributed by atoms with Gasteiger partial charge in [-0.2, -0.15) is 10.1 Å². The molecular formula is C26H37ClN8O3. The average Bonchev–Trinajstić information content (AvgIpc) is 3.56. The number of aromatic nitrogens is 4. The quantitative estimate of drug-likeness (QED) is 0.571. The topological polar surface area (TPSA) is 118 Å². The number of rotatable bonds is 5. The van der Waals surface area contributed by atoms with Crippen molar-refractivity contribution in [3.8, 4) is 0 Å². The standard InChI is InChI=1S/C26H37ClN8O3/c1-16(36)34-12-17-8-19(9-18(17)13-34)30-23-22(27)11-28-24(32-23)31-20-10-29-35(14-20)21-6-5-7-33(15-21)25(37)38-26(2,3)4/h10-11,14,17-19,21H,5-9,12-13,15H2,1-4H3,(H2,28,30,31,32). The first-order valence-electron chi connectivity index (χ1n) is 13.4. The highest BCUT2D eigenvalue weighted by Gasteiger charge is 2.41. The molecule has 2 aromatic rings. The lowest BCUT2D eigenvalue weighted by Crippen LogP contribution is -2.43. The second-order valence-corrected chi connectivity index (χ2v) is 12.1. The molecule has 4 heterocycles. The van der Waals surface area contributed by atoms with Gasteiger partial charge in [0, 0.05) is 45.3 Å². The average molecular weight is 545 g/mol. The van der Waals surface area contributed by atoms with Crippen molar-refractivity contribution < 1.29 is 14.3 Å². The number of hydrogen-bond acceptors (Lipinski definition) is 8. The molecular weight excluding hydrogens is 508 g/mol. The molecule has 0 spiro atoms. The highest BCUT2D eigenvalue weighted by Crippen LogP contribution is 2.39. The Kier molecular flexibility index (Phi) is 7.39. The molecule has 2 aromatic heterocycles. The summed E-state index contributed by atoms with van der Waals surface area (Å²) in [5.74, 6) is 2.23. The number of likely N-dealkylation sites (tertiary alicyclic amines) is 2. The molecule has 2 aliphatic heterocycles. The molecule has 0 bridgehead atoms. The minimum Gasteiger partial charge on any atom is -0.444 e. The van der Waals surface area contributed by atoms with Crippen LogP contribution in [0.15, 0.2) is 18.6 Å². The normalized spacial score (nSPS) is 25.3. The van der Waals surface area contributed by atoms with Crippen molar-refractivity contribution >= 4 is 41.1 Å². The fraction of sp³-hybridized carbons (Fsp3) is 0.654. The van der Waals surface area contributed by atoms with Crippen LogP contribution >= 0.6 is 11.6 Å². The zero-order valence-electron chi connectivity index (χ0n) is 22.5. The Balaban J connectivity index is 1.18. The fourth-order valence-electron chi connectivity index (χ4n) is 5.79. The third-order valence-electron chi connectivity index (χ3n) is 7.56.